The average Bonchev–Trinajstić information content (AvgIpc) is 3.16. The summed E-state index contributed by atoms with van der Waals surface area (Å²) in [5, 5.41) is 13.7. The molecule has 11 heteroatoms. The number of rotatable bonds is 8. The van der Waals surface area contributed by atoms with Gasteiger partial charge in [0, 0.05) is 54.1 Å². The number of aryl methyl sites for hydroxylation is 2. The molecule has 0 fully saturated rings. The molecule has 0 amide bonds. The van der Waals surface area contributed by atoms with E-state index in [0.717, 1.165) is 39.1 Å². The molecule has 7 rings (SSSR count). The van der Waals surface area contributed by atoms with E-state index in [1.807, 2.05) is 117 Å². The van der Waals surface area contributed by atoms with Crippen LogP contribution in [0.15, 0.2) is 137 Å². The standard InChI is InChI=1S/C22H20N4O.C17H15ClN4O/c1-3-26-22(27)21(15-19(24-26)16-9-5-4-6-10-16)25(2)20-13-7-12-18-17(20)11-8-14-23-18;1-2-22-17(23)16(20-14-7-4-8-19-11-14)10-15(21-22)12-5-3-6-13(18)9-12/h4-15H,3H2,1-2H3;3-11,20H,2H2,1H3. The second-order valence-electron chi connectivity index (χ2n) is 11.2. The second kappa shape index (κ2) is 15.4. The lowest BCUT2D eigenvalue weighted by atomic mass is 10.1. The smallest absolute Gasteiger partial charge is 0.290 e. The van der Waals surface area contributed by atoms with Crippen molar-refractivity contribution in [2.24, 2.45) is 0 Å². The molecule has 10 nitrogen and oxygen atoms in total. The zero-order valence-corrected chi connectivity index (χ0v) is 28.6. The van der Waals surface area contributed by atoms with Crippen LogP contribution in [0.5, 0.6) is 0 Å². The Hall–Kier alpha value is -6.13. The number of benzene rings is 3. The van der Waals surface area contributed by atoms with Gasteiger partial charge in [-0.05, 0) is 74.5 Å². The van der Waals surface area contributed by atoms with Gasteiger partial charge in [0.15, 0.2) is 0 Å². The van der Waals surface area contributed by atoms with Crippen molar-refractivity contribution in [2.45, 2.75) is 26.9 Å². The van der Waals surface area contributed by atoms with Crippen molar-refractivity contribution < 1.29 is 0 Å². The van der Waals surface area contributed by atoms with Crippen molar-refractivity contribution >= 4 is 45.3 Å². The quantitative estimate of drug-likeness (QED) is 0.172. The molecule has 4 heterocycles. The molecule has 0 aliphatic rings. The number of hydrogen-bond acceptors (Lipinski definition) is 8. The van der Waals surface area contributed by atoms with Crippen molar-refractivity contribution in [3.05, 3.63) is 154 Å². The van der Waals surface area contributed by atoms with Gasteiger partial charge in [-0.3, -0.25) is 19.6 Å². The van der Waals surface area contributed by atoms with Crippen LogP contribution in [-0.2, 0) is 13.1 Å². The third-order valence-electron chi connectivity index (χ3n) is 8.00. The minimum atomic E-state index is -0.179. The lowest BCUT2D eigenvalue weighted by molar-refractivity contribution is 0.619. The maximum absolute atomic E-state index is 13.0. The van der Waals surface area contributed by atoms with Gasteiger partial charge in [0.2, 0.25) is 0 Å². The van der Waals surface area contributed by atoms with E-state index >= 15 is 0 Å². The molecular formula is C39H35ClN8O2. The van der Waals surface area contributed by atoms with Crippen LogP contribution in [-0.4, -0.2) is 36.6 Å². The maximum Gasteiger partial charge on any atom is 0.290 e. The summed E-state index contributed by atoms with van der Waals surface area (Å²) in [6.45, 7) is 4.80. The number of pyridine rings is 2. The minimum Gasteiger partial charge on any atom is -0.350 e. The molecule has 0 radical (unpaired) electrons. The molecule has 0 saturated heterocycles. The SMILES string of the molecule is CCn1nc(-c2cccc(Cl)c2)cc(Nc2cccnc2)c1=O.CCn1nc(-c2ccccc2)cc(N(C)c2cccc3ncccc23)c1=O. The molecule has 0 bridgehead atoms. The molecule has 0 unspecified atom stereocenters. The molecule has 3 aromatic carbocycles. The summed E-state index contributed by atoms with van der Waals surface area (Å²) >= 11 is 6.05. The van der Waals surface area contributed by atoms with Gasteiger partial charge in [-0.1, -0.05) is 60.1 Å². The highest BCUT2D eigenvalue weighted by Crippen LogP contribution is 2.30. The molecule has 0 spiro atoms. The van der Waals surface area contributed by atoms with E-state index in [1.165, 1.54) is 9.36 Å². The first kappa shape index (κ1) is 33.8. The van der Waals surface area contributed by atoms with Crippen molar-refractivity contribution in [1.82, 2.24) is 29.5 Å². The van der Waals surface area contributed by atoms with Crippen molar-refractivity contribution in [3.8, 4) is 22.5 Å². The first-order chi connectivity index (χ1) is 24.4. The molecule has 0 saturated carbocycles. The predicted octanol–water partition coefficient (Wildman–Crippen LogP) is 7.97. The molecule has 4 aromatic heterocycles. The van der Waals surface area contributed by atoms with E-state index in [1.54, 1.807) is 36.8 Å². The highest BCUT2D eigenvalue weighted by Gasteiger charge is 2.16. The lowest BCUT2D eigenvalue weighted by Gasteiger charge is -2.22. The van der Waals surface area contributed by atoms with Crippen LogP contribution < -0.4 is 21.3 Å². The van der Waals surface area contributed by atoms with Crippen LogP contribution >= 0.6 is 11.6 Å². The van der Waals surface area contributed by atoms with Crippen LogP contribution in [0, 0.1) is 0 Å². The maximum atomic E-state index is 13.0. The molecule has 0 atom stereocenters. The first-order valence-electron chi connectivity index (χ1n) is 16.2. The fraction of sp³-hybridized carbons (Fsp3) is 0.128. The van der Waals surface area contributed by atoms with E-state index in [4.69, 9.17) is 11.6 Å². The number of aromatic nitrogens is 6. The van der Waals surface area contributed by atoms with Crippen LogP contribution in [0.1, 0.15) is 13.8 Å². The van der Waals surface area contributed by atoms with E-state index in [-0.39, 0.29) is 11.1 Å². The Balaban J connectivity index is 0.000000175. The number of fused-ring (bicyclic) bond motifs is 1. The number of nitrogens with one attached hydrogen (secondary N) is 1. The van der Waals surface area contributed by atoms with E-state index in [0.29, 0.717) is 35.2 Å². The summed E-state index contributed by atoms with van der Waals surface area (Å²) in [4.78, 5) is 35.8. The summed E-state index contributed by atoms with van der Waals surface area (Å²) in [7, 11) is 1.91. The first-order valence-corrected chi connectivity index (χ1v) is 16.5. The predicted molar refractivity (Wildman–Crippen MR) is 202 cm³/mol. The Labute approximate surface area is 294 Å². The summed E-state index contributed by atoms with van der Waals surface area (Å²) < 4.78 is 2.94. The fourth-order valence-electron chi connectivity index (χ4n) is 5.47. The number of nitrogens with zero attached hydrogens (tertiary/aromatic N) is 7. The normalized spacial score (nSPS) is 10.7. The Morgan fingerprint density at radius 3 is 2.12 bits per heavy atom. The summed E-state index contributed by atoms with van der Waals surface area (Å²) in [6, 6.07) is 34.4. The van der Waals surface area contributed by atoms with Gasteiger partial charge in [-0.25, -0.2) is 9.36 Å². The Morgan fingerprint density at radius 1 is 0.700 bits per heavy atom. The van der Waals surface area contributed by atoms with Gasteiger partial charge in [0.1, 0.15) is 11.4 Å². The monoisotopic (exact) mass is 682 g/mol. The minimum absolute atomic E-state index is 0.111. The number of halogens is 1. The van der Waals surface area contributed by atoms with Gasteiger partial charge in [0.05, 0.1) is 34.5 Å². The van der Waals surface area contributed by atoms with E-state index in [9.17, 15) is 9.59 Å². The second-order valence-corrected chi connectivity index (χ2v) is 11.7. The summed E-state index contributed by atoms with van der Waals surface area (Å²) in [6.07, 6.45) is 5.12. The van der Waals surface area contributed by atoms with Crippen LogP contribution in [0.4, 0.5) is 22.7 Å². The fourth-order valence-corrected chi connectivity index (χ4v) is 5.66. The highest BCUT2D eigenvalue weighted by molar-refractivity contribution is 6.30. The molecule has 0 aliphatic carbocycles. The van der Waals surface area contributed by atoms with Gasteiger partial charge in [0.25, 0.3) is 11.1 Å². The molecule has 0 aliphatic heterocycles. The molecule has 250 valence electrons. The average molecular weight is 683 g/mol. The lowest BCUT2D eigenvalue weighted by Crippen LogP contribution is -2.28. The zero-order chi connectivity index (χ0) is 35.0. The van der Waals surface area contributed by atoms with Crippen LogP contribution in [0.2, 0.25) is 5.02 Å². The van der Waals surface area contributed by atoms with Crippen molar-refractivity contribution in [2.75, 3.05) is 17.3 Å². The van der Waals surface area contributed by atoms with Crippen molar-refractivity contribution in [3.63, 3.8) is 0 Å². The summed E-state index contributed by atoms with van der Waals surface area (Å²) in [5.74, 6) is 0. The summed E-state index contributed by atoms with van der Waals surface area (Å²) in [5.41, 5.74) is 6.62. The Bertz CT molecular complexity index is 2360. The third-order valence-corrected chi connectivity index (χ3v) is 8.24. The third kappa shape index (κ3) is 7.45. The Morgan fingerprint density at radius 2 is 1.40 bits per heavy atom. The zero-order valence-electron chi connectivity index (χ0n) is 27.9. The van der Waals surface area contributed by atoms with Gasteiger partial charge < -0.3 is 10.2 Å². The van der Waals surface area contributed by atoms with Crippen molar-refractivity contribution in [1.29, 1.82) is 0 Å². The molecule has 1 N–H and O–H groups in total. The number of hydrogen-bond donors (Lipinski definition) is 1. The largest absolute Gasteiger partial charge is 0.350 e. The van der Waals surface area contributed by atoms with E-state index in [2.05, 4.69) is 25.5 Å². The topological polar surface area (TPSA) is 111 Å². The van der Waals surface area contributed by atoms with Gasteiger partial charge >= 0.3 is 0 Å². The number of anilines is 4. The van der Waals surface area contributed by atoms with Crippen LogP contribution in [0.3, 0.4) is 0 Å². The Kier molecular flexibility index (Phi) is 10.4. The molecule has 7 aromatic rings. The molecule has 50 heavy (non-hydrogen) atoms. The van der Waals surface area contributed by atoms with Gasteiger partial charge in [-0.15, -0.1) is 0 Å². The van der Waals surface area contributed by atoms with E-state index < -0.39 is 0 Å². The van der Waals surface area contributed by atoms with Gasteiger partial charge in [-0.2, -0.15) is 10.2 Å². The molecular weight excluding hydrogens is 648 g/mol. The highest BCUT2D eigenvalue weighted by atomic mass is 35.5. The van der Waals surface area contributed by atoms with Crippen LogP contribution in [0.25, 0.3) is 33.4 Å².